The first-order valence-electron chi connectivity index (χ1n) is 9.01. The highest BCUT2D eigenvalue weighted by atomic mass is 19.1. The predicted molar refractivity (Wildman–Crippen MR) is 107 cm³/mol. The van der Waals surface area contributed by atoms with Crippen LogP contribution in [-0.2, 0) is 0 Å². The number of ether oxygens (including phenoxy) is 2. The van der Waals surface area contributed by atoms with Gasteiger partial charge in [-0.2, -0.15) is 5.10 Å². The van der Waals surface area contributed by atoms with Crippen molar-refractivity contribution in [3.63, 3.8) is 0 Å². The number of benzene rings is 1. The molecule has 0 fully saturated rings. The number of aromatic nitrogens is 3. The van der Waals surface area contributed by atoms with Crippen molar-refractivity contribution in [1.82, 2.24) is 20.5 Å². The molecule has 0 aliphatic rings. The highest BCUT2D eigenvalue weighted by molar-refractivity contribution is 5.76. The topological polar surface area (TPSA) is 84.1 Å². The van der Waals surface area contributed by atoms with Crippen LogP contribution in [0.2, 0.25) is 0 Å². The Bertz CT molecular complexity index is 911. The van der Waals surface area contributed by atoms with Gasteiger partial charge in [-0.05, 0) is 39.1 Å². The zero-order valence-electron chi connectivity index (χ0n) is 16.2. The van der Waals surface area contributed by atoms with Crippen LogP contribution in [0.3, 0.4) is 0 Å². The lowest BCUT2D eigenvalue weighted by atomic mass is 10.1. The van der Waals surface area contributed by atoms with Crippen molar-refractivity contribution in [2.45, 2.75) is 13.3 Å². The third-order valence-corrected chi connectivity index (χ3v) is 4.11. The van der Waals surface area contributed by atoms with E-state index in [2.05, 4.69) is 25.8 Å². The molecular weight excluding hydrogens is 361 g/mol. The fraction of sp³-hybridized carbons (Fsp3) is 0.300. The Morgan fingerprint density at radius 3 is 2.71 bits per heavy atom. The standard InChI is InChI=1S/C20H24FN5O2/c1-13-5-6-15(12-23-13)24-19-11-16(25-26-19)20-17(27-3)9-14(21)10-18(20)28-8-4-7-22-2/h5-6,9-12,22H,4,7-8H2,1-3H3,(H2,24,25,26). The van der Waals surface area contributed by atoms with Gasteiger partial charge in [-0.1, -0.05) is 0 Å². The minimum Gasteiger partial charge on any atom is -0.496 e. The molecule has 0 unspecified atom stereocenters. The first-order valence-corrected chi connectivity index (χ1v) is 9.01. The number of rotatable bonds is 9. The van der Waals surface area contributed by atoms with Gasteiger partial charge in [-0.25, -0.2) is 4.39 Å². The molecule has 1 aromatic carbocycles. The molecule has 3 aromatic rings. The number of hydrogen-bond donors (Lipinski definition) is 3. The number of hydrogen-bond acceptors (Lipinski definition) is 6. The second-order valence-electron chi connectivity index (χ2n) is 6.27. The quantitative estimate of drug-likeness (QED) is 0.488. The molecule has 0 spiro atoms. The van der Waals surface area contributed by atoms with E-state index in [1.807, 2.05) is 32.2 Å². The fourth-order valence-corrected chi connectivity index (χ4v) is 2.73. The van der Waals surface area contributed by atoms with Crippen LogP contribution >= 0.6 is 0 Å². The van der Waals surface area contributed by atoms with Crippen molar-refractivity contribution in [3.8, 4) is 22.8 Å². The summed E-state index contributed by atoms with van der Waals surface area (Å²) < 4.78 is 25.2. The minimum atomic E-state index is -0.423. The number of anilines is 2. The largest absolute Gasteiger partial charge is 0.496 e. The van der Waals surface area contributed by atoms with Gasteiger partial charge in [0.15, 0.2) is 5.82 Å². The Labute approximate surface area is 163 Å². The van der Waals surface area contributed by atoms with Gasteiger partial charge in [0, 0.05) is 23.9 Å². The van der Waals surface area contributed by atoms with Crippen LogP contribution in [0.5, 0.6) is 11.5 Å². The van der Waals surface area contributed by atoms with Crippen molar-refractivity contribution in [2.75, 3.05) is 32.6 Å². The lowest BCUT2D eigenvalue weighted by Crippen LogP contribution is -2.12. The minimum absolute atomic E-state index is 0.371. The van der Waals surface area contributed by atoms with Gasteiger partial charge < -0.3 is 20.1 Å². The van der Waals surface area contributed by atoms with Crippen molar-refractivity contribution in [3.05, 3.63) is 48.0 Å². The van der Waals surface area contributed by atoms with Crippen LogP contribution < -0.4 is 20.1 Å². The number of aryl methyl sites for hydroxylation is 1. The van der Waals surface area contributed by atoms with Crippen LogP contribution in [0, 0.1) is 12.7 Å². The van der Waals surface area contributed by atoms with Gasteiger partial charge in [0.05, 0.1) is 36.9 Å². The molecule has 2 heterocycles. The summed E-state index contributed by atoms with van der Waals surface area (Å²) in [5.74, 6) is 0.956. The first-order chi connectivity index (χ1) is 13.6. The normalized spacial score (nSPS) is 10.7. The highest BCUT2D eigenvalue weighted by Crippen LogP contribution is 2.39. The van der Waals surface area contributed by atoms with Crippen LogP contribution in [0.15, 0.2) is 36.5 Å². The molecule has 0 aliphatic carbocycles. The van der Waals surface area contributed by atoms with Crippen LogP contribution in [-0.4, -0.2) is 42.5 Å². The molecule has 0 saturated heterocycles. The Kier molecular flexibility index (Phi) is 6.44. The van der Waals surface area contributed by atoms with Gasteiger partial charge in [-0.3, -0.25) is 10.1 Å². The summed E-state index contributed by atoms with van der Waals surface area (Å²) >= 11 is 0. The Hall–Kier alpha value is -3.13. The van der Waals surface area contributed by atoms with E-state index in [1.54, 1.807) is 6.20 Å². The lowest BCUT2D eigenvalue weighted by molar-refractivity contribution is 0.307. The summed E-state index contributed by atoms with van der Waals surface area (Å²) in [5.41, 5.74) is 3.03. The maximum Gasteiger partial charge on any atom is 0.152 e. The average molecular weight is 385 g/mol. The SMILES string of the molecule is CNCCCOc1cc(F)cc(OC)c1-c1cc(Nc2ccc(C)nc2)n[nH]1. The maximum absolute atomic E-state index is 14.0. The monoisotopic (exact) mass is 385 g/mol. The van der Waals surface area contributed by atoms with E-state index in [0.29, 0.717) is 35.2 Å². The zero-order chi connectivity index (χ0) is 19.9. The number of methoxy groups -OCH3 is 1. The van der Waals surface area contributed by atoms with Crippen LogP contribution in [0.4, 0.5) is 15.9 Å². The van der Waals surface area contributed by atoms with E-state index in [-0.39, 0.29) is 0 Å². The number of halogens is 1. The molecule has 0 radical (unpaired) electrons. The maximum atomic E-state index is 14.0. The molecule has 0 bridgehead atoms. The third-order valence-electron chi connectivity index (χ3n) is 4.11. The second-order valence-corrected chi connectivity index (χ2v) is 6.27. The predicted octanol–water partition coefficient (Wildman–Crippen LogP) is 3.66. The molecule has 7 nitrogen and oxygen atoms in total. The summed E-state index contributed by atoms with van der Waals surface area (Å²) in [7, 11) is 3.37. The molecule has 148 valence electrons. The summed E-state index contributed by atoms with van der Waals surface area (Å²) in [6.45, 7) is 3.19. The smallest absolute Gasteiger partial charge is 0.152 e. The molecular formula is C20H24FN5O2. The van der Waals surface area contributed by atoms with E-state index >= 15 is 0 Å². The van der Waals surface area contributed by atoms with Crippen LogP contribution in [0.1, 0.15) is 12.1 Å². The second kappa shape index (κ2) is 9.18. The Morgan fingerprint density at radius 1 is 1.18 bits per heavy atom. The average Bonchev–Trinajstić information content (AvgIpc) is 3.14. The molecule has 3 N–H and O–H groups in total. The van der Waals surface area contributed by atoms with E-state index in [1.165, 1.54) is 19.2 Å². The molecule has 0 atom stereocenters. The number of aromatic amines is 1. The number of nitrogens with zero attached hydrogens (tertiary/aromatic N) is 2. The Morgan fingerprint density at radius 2 is 2.00 bits per heavy atom. The van der Waals surface area contributed by atoms with Crippen molar-refractivity contribution in [2.24, 2.45) is 0 Å². The summed E-state index contributed by atoms with van der Waals surface area (Å²) in [4.78, 5) is 4.25. The number of nitrogens with one attached hydrogen (secondary N) is 3. The molecule has 2 aromatic heterocycles. The van der Waals surface area contributed by atoms with Gasteiger partial charge in [0.1, 0.15) is 17.3 Å². The summed E-state index contributed by atoms with van der Waals surface area (Å²) in [5, 5.41) is 13.5. The van der Waals surface area contributed by atoms with Crippen LogP contribution in [0.25, 0.3) is 11.3 Å². The molecule has 28 heavy (non-hydrogen) atoms. The molecule has 0 amide bonds. The van der Waals surface area contributed by atoms with Crippen molar-refractivity contribution >= 4 is 11.5 Å². The van der Waals surface area contributed by atoms with Gasteiger partial charge in [0.25, 0.3) is 0 Å². The first kappa shape index (κ1) is 19.6. The van der Waals surface area contributed by atoms with Crippen molar-refractivity contribution < 1.29 is 13.9 Å². The fourth-order valence-electron chi connectivity index (χ4n) is 2.73. The van der Waals surface area contributed by atoms with Gasteiger partial charge in [-0.15, -0.1) is 0 Å². The summed E-state index contributed by atoms with van der Waals surface area (Å²) in [6.07, 6.45) is 2.53. The van der Waals surface area contributed by atoms with Gasteiger partial charge in [0.2, 0.25) is 0 Å². The molecule has 8 heteroatoms. The number of H-pyrrole nitrogens is 1. The van der Waals surface area contributed by atoms with E-state index in [9.17, 15) is 4.39 Å². The lowest BCUT2D eigenvalue weighted by Gasteiger charge is -2.14. The molecule has 0 aliphatic heterocycles. The molecule has 3 rings (SSSR count). The van der Waals surface area contributed by atoms with E-state index < -0.39 is 5.82 Å². The van der Waals surface area contributed by atoms with E-state index in [4.69, 9.17) is 9.47 Å². The zero-order valence-corrected chi connectivity index (χ0v) is 16.2. The summed E-state index contributed by atoms with van der Waals surface area (Å²) in [6, 6.07) is 8.33. The number of pyridine rings is 1. The Balaban J connectivity index is 1.87. The molecule has 0 saturated carbocycles. The van der Waals surface area contributed by atoms with E-state index in [0.717, 1.165) is 24.3 Å². The van der Waals surface area contributed by atoms with Gasteiger partial charge >= 0.3 is 0 Å². The third kappa shape index (κ3) is 4.77. The van der Waals surface area contributed by atoms with Crippen molar-refractivity contribution in [1.29, 1.82) is 0 Å². The highest BCUT2D eigenvalue weighted by Gasteiger charge is 2.18.